The van der Waals surface area contributed by atoms with Crippen LogP contribution in [0, 0.1) is 5.92 Å². The third-order valence-electron chi connectivity index (χ3n) is 1.76. The SMILES string of the molecule is O=C1CC(C(=O)O)CC(O)=C1O. The summed E-state index contributed by atoms with van der Waals surface area (Å²) in [4.78, 5) is 21.2. The second kappa shape index (κ2) is 2.84. The predicted octanol–water partition coefficient (Wildman–Crippen LogP) is 0.378. The van der Waals surface area contributed by atoms with Crippen LogP contribution in [0.1, 0.15) is 12.8 Å². The summed E-state index contributed by atoms with van der Waals surface area (Å²) in [5.41, 5.74) is 0. The lowest BCUT2D eigenvalue weighted by atomic mass is 9.91. The van der Waals surface area contributed by atoms with Gasteiger partial charge < -0.3 is 15.3 Å². The van der Waals surface area contributed by atoms with E-state index in [0.29, 0.717) is 0 Å². The minimum Gasteiger partial charge on any atom is -0.508 e. The van der Waals surface area contributed by atoms with E-state index in [-0.39, 0.29) is 12.8 Å². The molecule has 0 aliphatic heterocycles. The first kappa shape index (κ1) is 8.58. The molecule has 0 saturated heterocycles. The van der Waals surface area contributed by atoms with Crippen molar-refractivity contribution in [2.45, 2.75) is 12.8 Å². The maximum Gasteiger partial charge on any atom is 0.307 e. The molecular weight excluding hydrogens is 164 g/mol. The molecule has 0 amide bonds. The van der Waals surface area contributed by atoms with Gasteiger partial charge in [-0.3, -0.25) is 9.59 Å². The lowest BCUT2D eigenvalue weighted by Crippen LogP contribution is -2.25. The fourth-order valence-corrected chi connectivity index (χ4v) is 1.06. The van der Waals surface area contributed by atoms with Crippen LogP contribution in [0.2, 0.25) is 0 Å². The third kappa shape index (κ3) is 1.39. The fourth-order valence-electron chi connectivity index (χ4n) is 1.06. The number of rotatable bonds is 1. The molecule has 0 bridgehead atoms. The van der Waals surface area contributed by atoms with E-state index < -0.39 is 29.2 Å². The Morgan fingerprint density at radius 1 is 1.33 bits per heavy atom. The van der Waals surface area contributed by atoms with Crippen molar-refractivity contribution in [1.29, 1.82) is 0 Å². The van der Waals surface area contributed by atoms with Gasteiger partial charge in [-0.05, 0) is 0 Å². The molecule has 1 unspecified atom stereocenters. The molecule has 0 saturated carbocycles. The van der Waals surface area contributed by atoms with Crippen LogP contribution in [0.25, 0.3) is 0 Å². The zero-order valence-corrected chi connectivity index (χ0v) is 6.15. The topological polar surface area (TPSA) is 94.8 Å². The van der Waals surface area contributed by atoms with Crippen molar-refractivity contribution in [2.75, 3.05) is 0 Å². The maximum atomic E-state index is 10.8. The van der Waals surface area contributed by atoms with Crippen molar-refractivity contribution in [1.82, 2.24) is 0 Å². The summed E-state index contributed by atoms with van der Waals surface area (Å²) < 4.78 is 0. The van der Waals surface area contributed by atoms with E-state index in [0.717, 1.165) is 0 Å². The molecule has 0 radical (unpaired) electrons. The maximum absolute atomic E-state index is 10.8. The van der Waals surface area contributed by atoms with E-state index >= 15 is 0 Å². The predicted molar refractivity (Wildman–Crippen MR) is 37.7 cm³/mol. The number of aliphatic carboxylic acids is 1. The van der Waals surface area contributed by atoms with Crippen LogP contribution in [0.3, 0.4) is 0 Å². The fraction of sp³-hybridized carbons (Fsp3) is 0.429. The molecule has 66 valence electrons. The number of hydrogen-bond acceptors (Lipinski definition) is 4. The van der Waals surface area contributed by atoms with Crippen molar-refractivity contribution in [3.05, 3.63) is 11.5 Å². The van der Waals surface area contributed by atoms with Crippen LogP contribution in [-0.2, 0) is 9.59 Å². The van der Waals surface area contributed by atoms with E-state index in [9.17, 15) is 9.59 Å². The van der Waals surface area contributed by atoms with Crippen LogP contribution < -0.4 is 0 Å². The molecule has 5 nitrogen and oxygen atoms in total. The number of allylic oxidation sites excluding steroid dienone is 2. The van der Waals surface area contributed by atoms with Gasteiger partial charge in [-0.2, -0.15) is 0 Å². The van der Waals surface area contributed by atoms with Gasteiger partial charge in [0.05, 0.1) is 5.92 Å². The number of ketones is 1. The van der Waals surface area contributed by atoms with Crippen molar-refractivity contribution in [3.8, 4) is 0 Å². The van der Waals surface area contributed by atoms with Gasteiger partial charge in [0, 0.05) is 12.8 Å². The first-order chi connectivity index (χ1) is 5.52. The normalized spacial score (nSPS) is 24.3. The average molecular weight is 172 g/mol. The molecule has 0 aromatic rings. The number of aliphatic hydroxyl groups excluding tert-OH is 2. The van der Waals surface area contributed by atoms with E-state index in [1.54, 1.807) is 0 Å². The molecular formula is C7H8O5. The Hall–Kier alpha value is -1.52. The summed E-state index contributed by atoms with van der Waals surface area (Å²) in [6.07, 6.45) is -0.419. The number of hydrogen-bond donors (Lipinski definition) is 3. The summed E-state index contributed by atoms with van der Waals surface area (Å²) in [7, 11) is 0. The summed E-state index contributed by atoms with van der Waals surface area (Å²) in [5, 5.41) is 26.2. The van der Waals surface area contributed by atoms with Crippen molar-refractivity contribution in [3.63, 3.8) is 0 Å². The standard InChI is InChI=1S/C7H8O5/c8-4-1-3(7(11)12)2-5(9)6(4)10/h3,8,10H,1-2H2,(H,11,12). The second-order valence-electron chi connectivity index (χ2n) is 2.66. The Morgan fingerprint density at radius 2 is 1.92 bits per heavy atom. The zero-order chi connectivity index (χ0) is 9.30. The lowest BCUT2D eigenvalue weighted by Gasteiger charge is -2.16. The molecule has 1 aliphatic carbocycles. The average Bonchev–Trinajstić information content (AvgIpc) is 1.99. The smallest absolute Gasteiger partial charge is 0.307 e. The number of carboxylic acid groups (broad SMARTS) is 1. The Kier molecular flexibility index (Phi) is 2.03. The Morgan fingerprint density at radius 3 is 2.33 bits per heavy atom. The van der Waals surface area contributed by atoms with Gasteiger partial charge in [0.2, 0.25) is 5.78 Å². The van der Waals surface area contributed by atoms with Crippen LogP contribution in [-0.4, -0.2) is 27.1 Å². The van der Waals surface area contributed by atoms with Crippen molar-refractivity contribution < 1.29 is 24.9 Å². The molecule has 0 aromatic heterocycles. The van der Waals surface area contributed by atoms with Crippen LogP contribution in [0.15, 0.2) is 11.5 Å². The highest BCUT2D eigenvalue weighted by atomic mass is 16.4. The molecule has 0 fully saturated rings. The quantitative estimate of drug-likeness (QED) is 0.531. The Bertz CT molecular complexity index is 265. The van der Waals surface area contributed by atoms with Gasteiger partial charge in [0.15, 0.2) is 5.76 Å². The molecule has 12 heavy (non-hydrogen) atoms. The molecule has 0 heterocycles. The molecule has 5 heteroatoms. The molecule has 0 spiro atoms. The third-order valence-corrected chi connectivity index (χ3v) is 1.76. The molecule has 0 aromatic carbocycles. The minimum absolute atomic E-state index is 0.174. The molecule has 1 atom stereocenters. The Labute approximate surface area is 67.9 Å². The second-order valence-corrected chi connectivity index (χ2v) is 2.66. The summed E-state index contributed by atoms with van der Waals surface area (Å²) in [5.74, 6) is -3.99. The minimum atomic E-state index is -1.14. The highest BCUT2D eigenvalue weighted by Gasteiger charge is 2.31. The summed E-state index contributed by atoms with van der Waals surface area (Å²) in [6.45, 7) is 0. The van der Waals surface area contributed by atoms with Gasteiger partial charge in [0.1, 0.15) is 5.76 Å². The van der Waals surface area contributed by atoms with Gasteiger partial charge in [-0.15, -0.1) is 0 Å². The van der Waals surface area contributed by atoms with E-state index in [2.05, 4.69) is 0 Å². The van der Waals surface area contributed by atoms with Crippen molar-refractivity contribution >= 4 is 11.8 Å². The van der Waals surface area contributed by atoms with Gasteiger partial charge in [-0.1, -0.05) is 0 Å². The highest BCUT2D eigenvalue weighted by molar-refractivity contribution is 5.97. The number of carbonyl (C=O) groups excluding carboxylic acids is 1. The first-order valence-electron chi connectivity index (χ1n) is 3.39. The number of Topliss-reactive ketones (excluding diaryl/α,β-unsaturated/α-hetero) is 1. The van der Waals surface area contributed by atoms with Gasteiger partial charge in [-0.25, -0.2) is 0 Å². The van der Waals surface area contributed by atoms with Gasteiger partial charge >= 0.3 is 5.97 Å². The molecule has 1 rings (SSSR count). The van der Waals surface area contributed by atoms with Gasteiger partial charge in [0.25, 0.3) is 0 Å². The monoisotopic (exact) mass is 172 g/mol. The number of carbonyl (C=O) groups is 2. The summed E-state index contributed by atoms with van der Waals surface area (Å²) in [6, 6.07) is 0. The Balaban J connectivity index is 2.85. The van der Waals surface area contributed by atoms with Crippen LogP contribution in [0.5, 0.6) is 0 Å². The number of aliphatic hydroxyl groups is 2. The van der Waals surface area contributed by atoms with Crippen molar-refractivity contribution in [2.24, 2.45) is 5.92 Å². The van der Waals surface area contributed by atoms with E-state index in [4.69, 9.17) is 15.3 Å². The first-order valence-corrected chi connectivity index (χ1v) is 3.39. The highest BCUT2D eigenvalue weighted by Crippen LogP contribution is 2.23. The summed E-state index contributed by atoms with van der Waals surface area (Å²) >= 11 is 0. The van der Waals surface area contributed by atoms with E-state index in [1.165, 1.54) is 0 Å². The zero-order valence-electron chi connectivity index (χ0n) is 6.15. The largest absolute Gasteiger partial charge is 0.508 e. The van der Waals surface area contributed by atoms with Crippen LogP contribution >= 0.6 is 0 Å². The lowest BCUT2D eigenvalue weighted by molar-refractivity contribution is -0.144. The molecule has 3 N–H and O–H groups in total. The number of carboxylic acids is 1. The molecule has 1 aliphatic rings. The van der Waals surface area contributed by atoms with Crippen LogP contribution in [0.4, 0.5) is 0 Å². The van der Waals surface area contributed by atoms with E-state index in [1.807, 2.05) is 0 Å².